The molecule has 4 heteroatoms. The van der Waals surface area contributed by atoms with Crippen molar-refractivity contribution in [3.05, 3.63) is 142 Å². The maximum Gasteiger partial charge on any atom is 0.132 e. The molecule has 8 rings (SSSR count). The van der Waals surface area contributed by atoms with Crippen LogP contribution in [0.25, 0.3) is 43.1 Å². The third-order valence-corrected chi connectivity index (χ3v) is 11.6. The molecule has 0 nitrogen and oxygen atoms in total. The first-order chi connectivity index (χ1) is 22.9. The molecule has 0 unspecified atom stereocenters. The molecule has 2 fully saturated rings. The van der Waals surface area contributed by atoms with Crippen LogP contribution in [-0.4, -0.2) is 0 Å². The molecule has 0 bridgehead atoms. The zero-order valence-corrected chi connectivity index (χ0v) is 28.7. The molecule has 0 radical (unpaired) electrons. The number of hydrogen-bond acceptors (Lipinski definition) is 2. The number of thiophene rings is 2. The lowest BCUT2D eigenvalue weighted by molar-refractivity contribution is 0.632. The summed E-state index contributed by atoms with van der Waals surface area (Å²) in [5, 5.41) is 0. The van der Waals surface area contributed by atoms with Crippen LogP contribution in [-0.2, 0) is 6.42 Å². The number of rotatable bonds is 7. The van der Waals surface area contributed by atoms with Crippen LogP contribution in [0.5, 0.6) is 0 Å². The quantitative estimate of drug-likeness (QED) is 0.160. The van der Waals surface area contributed by atoms with Crippen molar-refractivity contribution in [1.29, 1.82) is 0 Å². The van der Waals surface area contributed by atoms with Gasteiger partial charge >= 0.3 is 0 Å². The predicted molar refractivity (Wildman–Crippen MR) is 197 cm³/mol. The normalized spacial score (nSPS) is 14.6. The van der Waals surface area contributed by atoms with Crippen molar-refractivity contribution in [3.8, 4) is 43.1 Å². The standard InChI is InChI=1S/C22H21FS.C21H19FS/c1-15-6-13-22(24-15)20-12-11-19(14-21(20)23)18-9-7-17(8-10-18)16-4-2-3-5-16;1-14-2-11-21(23-14)19-10-9-18(13-20(19)22)17-7-5-16(6-8-17)12-15-3-4-15/h6-14,16H,2-5H2,1H3;2,5-11,13,15H,3-4,12H2,1H3. The number of benzene rings is 4. The van der Waals surface area contributed by atoms with Crippen LogP contribution in [0.2, 0.25) is 0 Å². The summed E-state index contributed by atoms with van der Waals surface area (Å²) < 4.78 is 29.1. The second-order valence-corrected chi connectivity index (χ2v) is 15.7. The lowest BCUT2D eigenvalue weighted by Crippen LogP contribution is -1.92. The van der Waals surface area contributed by atoms with E-state index < -0.39 is 0 Å². The Bertz CT molecular complexity index is 1950. The van der Waals surface area contributed by atoms with Gasteiger partial charge in [0, 0.05) is 30.6 Å². The van der Waals surface area contributed by atoms with Gasteiger partial charge in [0.05, 0.1) is 0 Å². The summed E-state index contributed by atoms with van der Waals surface area (Å²) >= 11 is 3.26. The first-order valence-corrected chi connectivity index (χ1v) is 18.5. The predicted octanol–water partition coefficient (Wildman–Crippen LogP) is 13.7. The van der Waals surface area contributed by atoms with Crippen molar-refractivity contribution in [1.82, 2.24) is 0 Å². The van der Waals surface area contributed by atoms with E-state index in [0.29, 0.717) is 11.1 Å². The Morgan fingerprint density at radius 2 is 1.00 bits per heavy atom. The summed E-state index contributed by atoms with van der Waals surface area (Å²) in [4.78, 5) is 4.39. The molecule has 0 spiro atoms. The van der Waals surface area contributed by atoms with Crippen LogP contribution in [0.15, 0.2) is 109 Å². The molecule has 0 amide bonds. The number of halogens is 2. The van der Waals surface area contributed by atoms with Gasteiger partial charge in [0.1, 0.15) is 11.6 Å². The van der Waals surface area contributed by atoms with Crippen molar-refractivity contribution >= 4 is 22.7 Å². The van der Waals surface area contributed by atoms with E-state index in [2.05, 4.69) is 48.5 Å². The summed E-state index contributed by atoms with van der Waals surface area (Å²) in [6.07, 6.45) is 9.24. The lowest BCUT2D eigenvalue weighted by Gasteiger charge is -2.11. The van der Waals surface area contributed by atoms with E-state index in [1.54, 1.807) is 34.8 Å². The molecule has 4 aromatic carbocycles. The molecule has 0 saturated heterocycles. The second-order valence-electron chi connectivity index (χ2n) is 13.2. The van der Waals surface area contributed by atoms with E-state index >= 15 is 0 Å². The van der Waals surface area contributed by atoms with Gasteiger partial charge in [-0.25, -0.2) is 8.78 Å². The van der Waals surface area contributed by atoms with Crippen LogP contribution in [0.1, 0.15) is 65.3 Å². The maximum absolute atomic E-state index is 14.6. The van der Waals surface area contributed by atoms with E-state index in [4.69, 9.17) is 0 Å². The van der Waals surface area contributed by atoms with Crippen LogP contribution in [0.4, 0.5) is 8.78 Å². The highest BCUT2D eigenvalue weighted by Crippen LogP contribution is 2.37. The summed E-state index contributed by atoms with van der Waals surface area (Å²) in [5.74, 6) is 1.33. The minimum absolute atomic E-state index is 0.144. The monoisotopic (exact) mass is 658 g/mol. The van der Waals surface area contributed by atoms with Crippen molar-refractivity contribution in [3.63, 3.8) is 0 Å². The highest BCUT2D eigenvalue weighted by Gasteiger charge is 2.21. The van der Waals surface area contributed by atoms with Gasteiger partial charge in [0.15, 0.2) is 0 Å². The fourth-order valence-corrected chi connectivity index (χ4v) is 8.43. The second kappa shape index (κ2) is 14.1. The third kappa shape index (κ3) is 7.66. The van der Waals surface area contributed by atoms with Crippen LogP contribution in [0.3, 0.4) is 0 Å². The van der Waals surface area contributed by atoms with Gasteiger partial charge in [-0.1, -0.05) is 73.5 Å². The Morgan fingerprint density at radius 3 is 1.43 bits per heavy atom. The first-order valence-electron chi connectivity index (χ1n) is 16.8. The van der Waals surface area contributed by atoms with Crippen LogP contribution < -0.4 is 0 Å². The molecule has 2 saturated carbocycles. The number of aryl methyl sites for hydroxylation is 2. The van der Waals surface area contributed by atoms with Crippen molar-refractivity contribution in [2.24, 2.45) is 5.92 Å². The topological polar surface area (TPSA) is 0 Å². The molecule has 0 N–H and O–H groups in total. The van der Waals surface area contributed by atoms with Gasteiger partial charge in [-0.15, -0.1) is 22.7 Å². The lowest BCUT2D eigenvalue weighted by atomic mass is 9.95. The Balaban J connectivity index is 0.000000150. The molecule has 2 heterocycles. The molecular formula is C43H40F2S2. The molecule has 0 aliphatic heterocycles. The maximum atomic E-state index is 14.6. The summed E-state index contributed by atoms with van der Waals surface area (Å²) in [6, 6.07) is 36.5. The Morgan fingerprint density at radius 1 is 0.532 bits per heavy atom. The number of hydrogen-bond donors (Lipinski definition) is 0. The Kier molecular flexibility index (Phi) is 9.51. The zero-order valence-electron chi connectivity index (χ0n) is 27.1. The van der Waals surface area contributed by atoms with Gasteiger partial charge in [-0.05, 0) is 140 Å². The van der Waals surface area contributed by atoms with Gasteiger partial charge in [-0.3, -0.25) is 0 Å². The minimum Gasteiger partial charge on any atom is -0.206 e. The van der Waals surface area contributed by atoms with Crippen molar-refractivity contribution in [2.45, 2.75) is 64.7 Å². The fraction of sp³-hybridized carbons (Fsp3) is 0.256. The summed E-state index contributed by atoms with van der Waals surface area (Å²) in [7, 11) is 0. The molecule has 2 aromatic heterocycles. The summed E-state index contributed by atoms with van der Waals surface area (Å²) in [5.41, 5.74) is 8.27. The smallest absolute Gasteiger partial charge is 0.132 e. The SMILES string of the molecule is Cc1ccc(-c2ccc(-c3ccc(C4CCCC4)cc3)cc2F)s1.Cc1ccc(-c2ccc(-c3ccc(CC4CC4)cc3)cc2F)s1. The average molecular weight is 659 g/mol. The molecule has 0 atom stereocenters. The van der Waals surface area contributed by atoms with E-state index in [-0.39, 0.29) is 11.6 Å². The van der Waals surface area contributed by atoms with E-state index in [0.717, 1.165) is 43.8 Å². The molecule has 47 heavy (non-hydrogen) atoms. The van der Waals surface area contributed by atoms with Gasteiger partial charge in [0.2, 0.25) is 0 Å². The van der Waals surface area contributed by atoms with Crippen LogP contribution in [0, 0.1) is 31.4 Å². The average Bonchev–Trinajstić information content (AvgIpc) is 3.42. The molecule has 2 aliphatic carbocycles. The highest BCUT2D eigenvalue weighted by atomic mass is 32.1. The van der Waals surface area contributed by atoms with Gasteiger partial charge < -0.3 is 0 Å². The highest BCUT2D eigenvalue weighted by molar-refractivity contribution is 7.15. The Labute approximate surface area is 285 Å². The van der Waals surface area contributed by atoms with Gasteiger partial charge in [0.25, 0.3) is 0 Å². The van der Waals surface area contributed by atoms with E-state index in [1.807, 2.05) is 62.4 Å². The summed E-state index contributed by atoms with van der Waals surface area (Å²) in [6.45, 7) is 4.09. The Hall–Kier alpha value is -3.86. The molecular weight excluding hydrogens is 619 g/mol. The fourth-order valence-electron chi connectivity index (χ4n) is 6.64. The third-order valence-electron chi connectivity index (χ3n) is 9.53. The van der Waals surface area contributed by atoms with Crippen LogP contribution >= 0.6 is 22.7 Å². The first kappa shape index (κ1) is 31.7. The molecule has 238 valence electrons. The van der Waals surface area contributed by atoms with Crippen molar-refractivity contribution < 1.29 is 8.78 Å². The zero-order chi connectivity index (χ0) is 32.3. The largest absolute Gasteiger partial charge is 0.206 e. The van der Waals surface area contributed by atoms with E-state index in [9.17, 15) is 8.78 Å². The molecule has 6 aromatic rings. The molecule has 2 aliphatic rings. The van der Waals surface area contributed by atoms with E-state index in [1.165, 1.54) is 65.8 Å². The van der Waals surface area contributed by atoms with Gasteiger partial charge in [-0.2, -0.15) is 0 Å². The van der Waals surface area contributed by atoms with Crippen molar-refractivity contribution in [2.75, 3.05) is 0 Å². The minimum atomic E-state index is -0.147.